The highest BCUT2D eigenvalue weighted by atomic mass is 35.5. The van der Waals surface area contributed by atoms with Gasteiger partial charge in [-0.05, 0) is 35.7 Å². The molecular formula is C17H17ClN2O2. The summed E-state index contributed by atoms with van der Waals surface area (Å²) in [6.45, 7) is 1.53. The van der Waals surface area contributed by atoms with Crippen LogP contribution < -0.4 is 5.43 Å². The van der Waals surface area contributed by atoms with E-state index in [0.717, 1.165) is 11.1 Å². The molecule has 0 aliphatic carbocycles. The standard InChI is InChI=1S/C17H17ClN2O2/c1-11(21)20-17(12-5-4-6-13(22)9-12)10-16(19-20)14-7-2-3-8-15(14)18/h2-9,16-17,19,22H,10H2,1H3/t16?,17-/m0/s1. The molecule has 1 amide bonds. The molecule has 2 aromatic carbocycles. The van der Waals surface area contributed by atoms with Gasteiger partial charge in [-0.25, -0.2) is 5.43 Å². The Morgan fingerprint density at radius 2 is 2.05 bits per heavy atom. The summed E-state index contributed by atoms with van der Waals surface area (Å²) in [6, 6.07) is 14.5. The number of amides is 1. The normalized spacial score (nSPS) is 21.1. The third-order valence-corrected chi connectivity index (χ3v) is 4.28. The summed E-state index contributed by atoms with van der Waals surface area (Å²) in [4.78, 5) is 11.9. The molecule has 1 heterocycles. The monoisotopic (exact) mass is 316 g/mol. The van der Waals surface area contributed by atoms with Crippen molar-refractivity contribution in [2.75, 3.05) is 0 Å². The van der Waals surface area contributed by atoms with Gasteiger partial charge >= 0.3 is 0 Å². The van der Waals surface area contributed by atoms with Crippen LogP contribution in [0.3, 0.4) is 0 Å². The van der Waals surface area contributed by atoms with Crippen LogP contribution in [0, 0.1) is 0 Å². The predicted octanol–water partition coefficient (Wildman–Crippen LogP) is 3.58. The first kappa shape index (κ1) is 14.9. The summed E-state index contributed by atoms with van der Waals surface area (Å²) in [6.07, 6.45) is 0.701. The molecule has 2 aromatic rings. The highest BCUT2D eigenvalue weighted by Gasteiger charge is 2.36. The number of rotatable bonds is 2. The number of nitrogens with zero attached hydrogens (tertiary/aromatic N) is 1. The van der Waals surface area contributed by atoms with E-state index in [9.17, 15) is 9.90 Å². The second-order valence-corrected chi connectivity index (χ2v) is 5.85. The topological polar surface area (TPSA) is 52.6 Å². The number of carbonyl (C=O) groups excluding carboxylic acids is 1. The van der Waals surface area contributed by atoms with Crippen molar-refractivity contribution >= 4 is 17.5 Å². The van der Waals surface area contributed by atoms with Gasteiger partial charge in [0.1, 0.15) is 5.75 Å². The van der Waals surface area contributed by atoms with Crippen molar-refractivity contribution in [3.8, 4) is 5.75 Å². The molecule has 114 valence electrons. The molecule has 3 rings (SSSR count). The molecule has 0 bridgehead atoms. The molecule has 1 unspecified atom stereocenters. The first-order valence-corrected chi connectivity index (χ1v) is 7.53. The summed E-state index contributed by atoms with van der Waals surface area (Å²) >= 11 is 6.27. The fraction of sp³-hybridized carbons (Fsp3) is 0.235. The number of phenols is 1. The van der Waals surface area contributed by atoms with Gasteiger partial charge in [-0.3, -0.25) is 9.80 Å². The third kappa shape index (κ3) is 2.80. The van der Waals surface area contributed by atoms with Crippen molar-refractivity contribution in [2.24, 2.45) is 0 Å². The number of hydrogen-bond donors (Lipinski definition) is 2. The van der Waals surface area contributed by atoms with E-state index in [-0.39, 0.29) is 23.7 Å². The van der Waals surface area contributed by atoms with Crippen LogP contribution in [0.4, 0.5) is 0 Å². The number of hydrogen-bond acceptors (Lipinski definition) is 3. The Labute approximate surface area is 134 Å². The number of aromatic hydroxyl groups is 1. The average molecular weight is 317 g/mol. The number of nitrogens with one attached hydrogen (secondary N) is 1. The first-order chi connectivity index (χ1) is 10.6. The summed E-state index contributed by atoms with van der Waals surface area (Å²) in [7, 11) is 0. The Kier molecular flexibility index (Phi) is 4.05. The average Bonchev–Trinajstić information content (AvgIpc) is 2.93. The van der Waals surface area contributed by atoms with Crippen LogP contribution in [0.25, 0.3) is 0 Å². The quantitative estimate of drug-likeness (QED) is 0.890. The maximum Gasteiger partial charge on any atom is 0.234 e. The molecule has 5 heteroatoms. The van der Waals surface area contributed by atoms with E-state index in [0.29, 0.717) is 11.4 Å². The first-order valence-electron chi connectivity index (χ1n) is 7.15. The van der Waals surface area contributed by atoms with Crippen LogP contribution in [0.15, 0.2) is 48.5 Å². The number of phenolic OH excluding ortho intramolecular Hbond substituents is 1. The van der Waals surface area contributed by atoms with E-state index in [1.54, 1.807) is 23.2 Å². The summed E-state index contributed by atoms with van der Waals surface area (Å²) in [5.41, 5.74) is 5.10. The highest BCUT2D eigenvalue weighted by molar-refractivity contribution is 6.31. The molecule has 0 radical (unpaired) electrons. The molecular weight excluding hydrogens is 300 g/mol. The molecule has 0 saturated carbocycles. The lowest BCUT2D eigenvalue weighted by Crippen LogP contribution is -2.37. The fourth-order valence-electron chi connectivity index (χ4n) is 2.92. The number of hydrazine groups is 1. The Balaban J connectivity index is 1.93. The summed E-state index contributed by atoms with van der Waals surface area (Å²) < 4.78 is 0. The molecule has 2 atom stereocenters. The largest absolute Gasteiger partial charge is 0.508 e. The van der Waals surface area contributed by atoms with Crippen LogP contribution in [0.1, 0.15) is 36.6 Å². The van der Waals surface area contributed by atoms with Crippen LogP contribution >= 0.6 is 11.6 Å². The molecule has 22 heavy (non-hydrogen) atoms. The fourth-order valence-corrected chi connectivity index (χ4v) is 3.19. The minimum absolute atomic E-state index is 0.0371. The van der Waals surface area contributed by atoms with Crippen molar-refractivity contribution in [3.63, 3.8) is 0 Å². The maximum absolute atomic E-state index is 11.9. The van der Waals surface area contributed by atoms with Gasteiger partial charge in [-0.2, -0.15) is 0 Å². The SMILES string of the molecule is CC(=O)N1NC(c2ccccc2Cl)C[C@H]1c1cccc(O)c1. The van der Waals surface area contributed by atoms with E-state index in [1.807, 2.05) is 30.3 Å². The Morgan fingerprint density at radius 1 is 1.27 bits per heavy atom. The molecule has 2 N–H and O–H groups in total. The minimum Gasteiger partial charge on any atom is -0.508 e. The van der Waals surface area contributed by atoms with Gasteiger partial charge in [-0.15, -0.1) is 0 Å². The van der Waals surface area contributed by atoms with E-state index >= 15 is 0 Å². The van der Waals surface area contributed by atoms with Gasteiger partial charge < -0.3 is 5.11 Å². The van der Waals surface area contributed by atoms with Gasteiger partial charge in [0.05, 0.1) is 12.1 Å². The van der Waals surface area contributed by atoms with Crippen LogP contribution in [-0.4, -0.2) is 16.0 Å². The lowest BCUT2D eigenvalue weighted by molar-refractivity contribution is -0.132. The van der Waals surface area contributed by atoms with Gasteiger partial charge in [0.25, 0.3) is 0 Å². The predicted molar refractivity (Wildman–Crippen MR) is 85.3 cm³/mol. The van der Waals surface area contributed by atoms with E-state index in [2.05, 4.69) is 5.43 Å². The molecule has 4 nitrogen and oxygen atoms in total. The van der Waals surface area contributed by atoms with Gasteiger partial charge in [0, 0.05) is 11.9 Å². The van der Waals surface area contributed by atoms with Crippen molar-refractivity contribution < 1.29 is 9.90 Å². The van der Waals surface area contributed by atoms with Gasteiger partial charge in [0.15, 0.2) is 0 Å². The van der Waals surface area contributed by atoms with Crippen molar-refractivity contribution in [1.82, 2.24) is 10.4 Å². The Morgan fingerprint density at radius 3 is 2.73 bits per heavy atom. The third-order valence-electron chi connectivity index (χ3n) is 3.94. The van der Waals surface area contributed by atoms with Crippen molar-refractivity contribution in [3.05, 3.63) is 64.7 Å². The zero-order chi connectivity index (χ0) is 15.7. The molecule has 0 spiro atoms. The van der Waals surface area contributed by atoms with Crippen LogP contribution in [0.5, 0.6) is 5.75 Å². The highest BCUT2D eigenvalue weighted by Crippen LogP contribution is 2.39. The molecule has 1 aliphatic rings. The summed E-state index contributed by atoms with van der Waals surface area (Å²) in [5.74, 6) is 0.130. The number of halogens is 1. The van der Waals surface area contributed by atoms with E-state index in [4.69, 9.17) is 11.6 Å². The summed E-state index contributed by atoms with van der Waals surface area (Å²) in [5, 5.41) is 12.0. The van der Waals surface area contributed by atoms with Gasteiger partial charge in [-0.1, -0.05) is 41.9 Å². The molecule has 1 saturated heterocycles. The zero-order valence-electron chi connectivity index (χ0n) is 12.2. The van der Waals surface area contributed by atoms with Gasteiger partial charge in [0.2, 0.25) is 5.91 Å². The van der Waals surface area contributed by atoms with E-state index < -0.39 is 0 Å². The molecule has 0 aromatic heterocycles. The maximum atomic E-state index is 11.9. The van der Waals surface area contributed by atoms with Crippen molar-refractivity contribution in [1.29, 1.82) is 0 Å². The Bertz CT molecular complexity index is 705. The molecule has 1 aliphatic heterocycles. The number of benzene rings is 2. The van der Waals surface area contributed by atoms with Crippen LogP contribution in [-0.2, 0) is 4.79 Å². The Hall–Kier alpha value is -2.04. The second kappa shape index (κ2) is 5.99. The van der Waals surface area contributed by atoms with Crippen LogP contribution in [0.2, 0.25) is 5.02 Å². The minimum atomic E-state index is -0.133. The lowest BCUT2D eigenvalue weighted by Gasteiger charge is -2.23. The number of carbonyl (C=O) groups is 1. The van der Waals surface area contributed by atoms with E-state index in [1.165, 1.54) is 6.92 Å². The van der Waals surface area contributed by atoms with Crippen molar-refractivity contribution in [2.45, 2.75) is 25.4 Å². The smallest absolute Gasteiger partial charge is 0.234 e. The second-order valence-electron chi connectivity index (χ2n) is 5.44. The lowest BCUT2D eigenvalue weighted by atomic mass is 9.97. The zero-order valence-corrected chi connectivity index (χ0v) is 12.9. The molecule has 1 fully saturated rings.